The van der Waals surface area contributed by atoms with Crippen LogP contribution in [0.3, 0.4) is 0 Å². The fraction of sp³-hybridized carbons (Fsp3) is 0.875. The molecule has 0 spiro atoms. The van der Waals surface area contributed by atoms with Crippen molar-refractivity contribution in [1.29, 1.82) is 0 Å². The Bertz CT molecular complexity index is 110. The van der Waals surface area contributed by atoms with Crippen molar-refractivity contribution in [2.45, 2.75) is 38.6 Å². The first kappa shape index (κ1) is 7.58. The Hall–Kier alpha value is -0.530. The van der Waals surface area contributed by atoms with Gasteiger partial charge in [0.1, 0.15) is 0 Å². The van der Waals surface area contributed by atoms with Crippen LogP contribution in [-0.2, 0) is 4.79 Å². The summed E-state index contributed by atoms with van der Waals surface area (Å²) in [6.45, 7) is 2.06. The lowest BCUT2D eigenvalue weighted by Gasteiger charge is -2.27. The number of hydrogen-bond donors (Lipinski definition) is 1. The van der Waals surface area contributed by atoms with E-state index in [4.69, 9.17) is 0 Å². The summed E-state index contributed by atoms with van der Waals surface area (Å²) in [6, 6.07) is 0.378. The minimum absolute atomic E-state index is 0.378. The minimum Gasteiger partial charge on any atom is -0.356 e. The molecule has 1 aliphatic carbocycles. The van der Waals surface area contributed by atoms with Gasteiger partial charge in [0.2, 0.25) is 6.41 Å². The summed E-state index contributed by atoms with van der Waals surface area (Å²) in [5.41, 5.74) is 0. The van der Waals surface area contributed by atoms with Crippen LogP contribution in [0.5, 0.6) is 0 Å². The van der Waals surface area contributed by atoms with Crippen molar-refractivity contribution in [3.8, 4) is 0 Å². The Morgan fingerprint density at radius 1 is 1.70 bits per heavy atom. The van der Waals surface area contributed by atoms with Crippen molar-refractivity contribution in [2.24, 2.45) is 5.92 Å². The van der Waals surface area contributed by atoms with Crippen LogP contribution in [0.4, 0.5) is 0 Å². The van der Waals surface area contributed by atoms with Crippen LogP contribution in [0, 0.1) is 5.92 Å². The van der Waals surface area contributed by atoms with Gasteiger partial charge in [-0.25, -0.2) is 0 Å². The molecule has 1 aliphatic rings. The van der Waals surface area contributed by atoms with E-state index >= 15 is 0 Å². The Labute approximate surface area is 62.0 Å². The van der Waals surface area contributed by atoms with Gasteiger partial charge < -0.3 is 5.32 Å². The molecule has 0 aromatic carbocycles. The van der Waals surface area contributed by atoms with Crippen LogP contribution in [0.25, 0.3) is 0 Å². The number of carbonyl (C=O) groups excluding carboxylic acids is 1. The van der Waals surface area contributed by atoms with E-state index in [1.54, 1.807) is 0 Å². The van der Waals surface area contributed by atoms with Gasteiger partial charge in [0.25, 0.3) is 0 Å². The maximum atomic E-state index is 9.99. The minimum atomic E-state index is 0.378. The number of rotatable bonds is 4. The fourth-order valence-electron chi connectivity index (χ4n) is 1.41. The number of hydrogen-bond acceptors (Lipinski definition) is 1. The molecule has 1 N–H and O–H groups in total. The molecule has 0 aromatic rings. The summed E-state index contributed by atoms with van der Waals surface area (Å²) in [4.78, 5) is 9.99. The van der Waals surface area contributed by atoms with Gasteiger partial charge in [-0.1, -0.05) is 19.3 Å². The van der Waals surface area contributed by atoms with Crippen LogP contribution >= 0.6 is 0 Å². The van der Waals surface area contributed by atoms with E-state index in [2.05, 4.69) is 12.2 Å². The molecular weight excluding hydrogens is 126 g/mol. The lowest BCUT2D eigenvalue weighted by atomic mass is 9.81. The first-order chi connectivity index (χ1) is 4.83. The van der Waals surface area contributed by atoms with Gasteiger partial charge in [-0.3, -0.25) is 4.79 Å². The zero-order valence-corrected chi connectivity index (χ0v) is 6.47. The monoisotopic (exact) mass is 141 g/mol. The molecular formula is C8H15NO. The molecule has 1 rings (SSSR count). The highest BCUT2D eigenvalue weighted by atomic mass is 16.1. The molecule has 58 valence electrons. The van der Waals surface area contributed by atoms with Crippen LogP contribution in [-0.4, -0.2) is 12.5 Å². The largest absolute Gasteiger partial charge is 0.356 e. The third-order valence-electron chi connectivity index (χ3n) is 2.26. The molecule has 0 saturated heterocycles. The normalized spacial score (nSPS) is 21.3. The Kier molecular flexibility index (Phi) is 2.72. The van der Waals surface area contributed by atoms with E-state index in [0.29, 0.717) is 6.04 Å². The highest BCUT2D eigenvalue weighted by Crippen LogP contribution is 2.30. The molecule has 2 heteroatoms. The standard InChI is InChI=1S/C8H15NO/c1-7(9-6-10)5-8-3-2-4-8/h6-8H,2-5H2,1H3,(H,9,10). The maximum Gasteiger partial charge on any atom is 0.207 e. The van der Waals surface area contributed by atoms with E-state index in [9.17, 15) is 4.79 Å². The second kappa shape index (κ2) is 3.59. The van der Waals surface area contributed by atoms with E-state index in [1.807, 2.05) is 0 Å². The second-order valence-corrected chi connectivity index (χ2v) is 3.22. The Morgan fingerprint density at radius 3 is 2.80 bits per heavy atom. The SMILES string of the molecule is CC(CC1CCC1)NC=O. The van der Waals surface area contributed by atoms with Crippen molar-refractivity contribution in [3.05, 3.63) is 0 Å². The molecule has 1 atom stereocenters. The average Bonchev–Trinajstić information content (AvgIpc) is 1.80. The van der Waals surface area contributed by atoms with E-state index in [0.717, 1.165) is 12.3 Å². The number of carbonyl (C=O) groups is 1. The number of nitrogens with one attached hydrogen (secondary N) is 1. The van der Waals surface area contributed by atoms with E-state index in [1.165, 1.54) is 25.7 Å². The molecule has 1 saturated carbocycles. The van der Waals surface area contributed by atoms with Gasteiger partial charge in [0.15, 0.2) is 0 Å². The van der Waals surface area contributed by atoms with Gasteiger partial charge in [-0.15, -0.1) is 0 Å². The van der Waals surface area contributed by atoms with Gasteiger partial charge in [-0.2, -0.15) is 0 Å². The molecule has 0 bridgehead atoms. The third kappa shape index (κ3) is 2.01. The summed E-state index contributed by atoms with van der Waals surface area (Å²) in [6.07, 6.45) is 6.08. The molecule has 0 aromatic heterocycles. The topological polar surface area (TPSA) is 29.1 Å². The molecule has 10 heavy (non-hydrogen) atoms. The molecule has 1 unspecified atom stereocenters. The zero-order chi connectivity index (χ0) is 7.40. The predicted octanol–water partition coefficient (Wildman–Crippen LogP) is 1.31. The summed E-state index contributed by atoms with van der Waals surface area (Å²) in [5, 5.41) is 2.76. The van der Waals surface area contributed by atoms with Gasteiger partial charge in [-0.05, 0) is 19.3 Å². The Morgan fingerprint density at radius 2 is 2.40 bits per heavy atom. The van der Waals surface area contributed by atoms with Crippen LogP contribution in [0.15, 0.2) is 0 Å². The summed E-state index contributed by atoms with van der Waals surface area (Å²) in [5.74, 6) is 0.891. The second-order valence-electron chi connectivity index (χ2n) is 3.22. The molecule has 1 fully saturated rings. The van der Waals surface area contributed by atoms with Gasteiger partial charge in [0.05, 0.1) is 0 Å². The van der Waals surface area contributed by atoms with Crippen molar-refractivity contribution < 1.29 is 4.79 Å². The smallest absolute Gasteiger partial charge is 0.207 e. The van der Waals surface area contributed by atoms with E-state index in [-0.39, 0.29) is 0 Å². The van der Waals surface area contributed by atoms with Crippen LogP contribution in [0.1, 0.15) is 32.6 Å². The summed E-state index contributed by atoms with van der Waals surface area (Å²) < 4.78 is 0. The van der Waals surface area contributed by atoms with Crippen molar-refractivity contribution in [3.63, 3.8) is 0 Å². The van der Waals surface area contributed by atoms with Crippen molar-refractivity contribution in [2.75, 3.05) is 0 Å². The molecule has 0 radical (unpaired) electrons. The summed E-state index contributed by atoms with van der Waals surface area (Å²) in [7, 11) is 0. The highest BCUT2D eigenvalue weighted by molar-refractivity contribution is 5.46. The van der Waals surface area contributed by atoms with Gasteiger partial charge >= 0.3 is 0 Å². The van der Waals surface area contributed by atoms with Crippen molar-refractivity contribution in [1.82, 2.24) is 5.32 Å². The number of amides is 1. The lowest BCUT2D eigenvalue weighted by molar-refractivity contribution is -0.110. The highest BCUT2D eigenvalue weighted by Gasteiger charge is 2.19. The maximum absolute atomic E-state index is 9.99. The molecule has 0 aliphatic heterocycles. The average molecular weight is 141 g/mol. The molecule has 0 heterocycles. The predicted molar refractivity (Wildman–Crippen MR) is 40.6 cm³/mol. The first-order valence-corrected chi connectivity index (χ1v) is 4.02. The fourth-order valence-corrected chi connectivity index (χ4v) is 1.41. The molecule has 2 nitrogen and oxygen atoms in total. The quantitative estimate of drug-likeness (QED) is 0.588. The third-order valence-corrected chi connectivity index (χ3v) is 2.26. The summed E-state index contributed by atoms with van der Waals surface area (Å²) >= 11 is 0. The lowest BCUT2D eigenvalue weighted by Crippen LogP contribution is -2.28. The Balaban J connectivity index is 2.04. The van der Waals surface area contributed by atoms with Gasteiger partial charge in [0, 0.05) is 6.04 Å². The van der Waals surface area contributed by atoms with Crippen molar-refractivity contribution >= 4 is 6.41 Å². The molecule has 1 amide bonds. The van der Waals surface area contributed by atoms with Crippen LogP contribution in [0.2, 0.25) is 0 Å². The van der Waals surface area contributed by atoms with Crippen LogP contribution < -0.4 is 5.32 Å². The van der Waals surface area contributed by atoms with E-state index < -0.39 is 0 Å². The first-order valence-electron chi connectivity index (χ1n) is 4.02. The zero-order valence-electron chi connectivity index (χ0n) is 6.47.